The van der Waals surface area contributed by atoms with Crippen LogP contribution in [0, 0.1) is 11.3 Å². The molecule has 0 unspecified atom stereocenters. The maximum atomic E-state index is 12.4. The van der Waals surface area contributed by atoms with E-state index in [-0.39, 0.29) is 5.91 Å². The molecule has 6 nitrogen and oxygen atoms in total. The van der Waals surface area contributed by atoms with Gasteiger partial charge in [-0.3, -0.25) is 4.79 Å². The van der Waals surface area contributed by atoms with E-state index in [9.17, 15) is 9.59 Å². The molecule has 0 aromatic heterocycles. The van der Waals surface area contributed by atoms with E-state index in [0.29, 0.717) is 24.3 Å². The van der Waals surface area contributed by atoms with Crippen molar-refractivity contribution < 1.29 is 14.3 Å². The van der Waals surface area contributed by atoms with Crippen LogP contribution in [0.5, 0.6) is 0 Å². The van der Waals surface area contributed by atoms with Crippen LogP contribution >= 0.6 is 0 Å². The average molecular weight is 405 g/mol. The molecule has 0 saturated heterocycles. The average Bonchev–Trinajstić information content (AvgIpc) is 2.70. The predicted octanol–water partition coefficient (Wildman–Crippen LogP) is 4.97. The second-order valence-corrected chi connectivity index (χ2v) is 7.71. The van der Waals surface area contributed by atoms with Crippen LogP contribution in [0.1, 0.15) is 44.4 Å². The normalized spacial score (nSPS) is 11.0. The third-order valence-corrected chi connectivity index (χ3v) is 4.11. The van der Waals surface area contributed by atoms with Gasteiger partial charge in [-0.2, -0.15) is 5.26 Å². The molecule has 2 aromatic carbocycles. The largest absolute Gasteiger partial charge is 0.444 e. The van der Waals surface area contributed by atoms with Gasteiger partial charge in [0.15, 0.2) is 0 Å². The summed E-state index contributed by atoms with van der Waals surface area (Å²) in [7, 11) is 0. The first-order valence-electron chi connectivity index (χ1n) is 9.77. The number of benzene rings is 2. The Kier molecular flexibility index (Phi) is 7.76. The van der Waals surface area contributed by atoms with Gasteiger partial charge in [-0.15, -0.1) is 0 Å². The van der Waals surface area contributed by atoms with Crippen molar-refractivity contribution in [3.05, 3.63) is 71.3 Å². The van der Waals surface area contributed by atoms with E-state index in [0.717, 1.165) is 11.1 Å². The van der Waals surface area contributed by atoms with Gasteiger partial charge >= 0.3 is 6.09 Å². The van der Waals surface area contributed by atoms with Gasteiger partial charge in [0, 0.05) is 18.3 Å². The van der Waals surface area contributed by atoms with E-state index >= 15 is 0 Å². The number of anilines is 1. The molecule has 1 N–H and O–H groups in total. The summed E-state index contributed by atoms with van der Waals surface area (Å²) >= 11 is 0. The minimum absolute atomic E-state index is 0.301. The lowest BCUT2D eigenvalue weighted by Crippen LogP contribution is -2.36. The first-order valence-corrected chi connectivity index (χ1v) is 9.77. The van der Waals surface area contributed by atoms with Crippen molar-refractivity contribution in [2.45, 2.75) is 39.8 Å². The predicted molar refractivity (Wildman–Crippen MR) is 118 cm³/mol. The summed E-state index contributed by atoms with van der Waals surface area (Å²) in [5.74, 6) is -0.301. The fourth-order valence-corrected chi connectivity index (χ4v) is 2.68. The Morgan fingerprint density at radius 3 is 2.57 bits per heavy atom. The number of nitrogens with one attached hydrogen (secondary N) is 1. The lowest BCUT2D eigenvalue weighted by Gasteiger charge is -2.27. The van der Waals surface area contributed by atoms with Gasteiger partial charge in [-0.25, -0.2) is 4.79 Å². The minimum Gasteiger partial charge on any atom is -0.444 e. The monoisotopic (exact) mass is 405 g/mol. The molecule has 0 aliphatic carbocycles. The summed E-state index contributed by atoms with van der Waals surface area (Å²) in [4.78, 5) is 26.4. The second-order valence-electron chi connectivity index (χ2n) is 7.71. The third kappa shape index (κ3) is 7.10. The molecule has 2 rings (SSSR count). The Labute approximate surface area is 177 Å². The van der Waals surface area contributed by atoms with Crippen LogP contribution in [-0.4, -0.2) is 29.0 Å². The number of carbonyl (C=O) groups excluding carboxylic acids is 2. The van der Waals surface area contributed by atoms with E-state index in [2.05, 4.69) is 11.4 Å². The molecule has 0 atom stereocenters. The van der Waals surface area contributed by atoms with Gasteiger partial charge in [0.05, 0.1) is 18.2 Å². The van der Waals surface area contributed by atoms with Crippen molar-refractivity contribution in [1.29, 1.82) is 5.26 Å². The van der Waals surface area contributed by atoms with Crippen LogP contribution < -0.4 is 5.32 Å². The van der Waals surface area contributed by atoms with Crippen LogP contribution in [0.25, 0.3) is 6.08 Å². The summed E-state index contributed by atoms with van der Waals surface area (Å²) < 4.78 is 5.46. The zero-order chi connectivity index (χ0) is 22.1. The van der Waals surface area contributed by atoms with Crippen molar-refractivity contribution in [3.8, 4) is 6.07 Å². The molecule has 0 bridgehead atoms. The minimum atomic E-state index is -0.577. The van der Waals surface area contributed by atoms with Crippen molar-refractivity contribution in [3.63, 3.8) is 0 Å². The Balaban J connectivity index is 2.10. The van der Waals surface area contributed by atoms with E-state index in [1.165, 1.54) is 6.08 Å². The number of ether oxygens (including phenoxy) is 1. The topological polar surface area (TPSA) is 82.4 Å². The number of nitrogens with zero attached hydrogens (tertiary/aromatic N) is 2. The maximum Gasteiger partial charge on any atom is 0.410 e. The molecule has 0 spiro atoms. The molecule has 0 saturated carbocycles. The lowest BCUT2D eigenvalue weighted by atomic mass is 10.1. The highest BCUT2D eigenvalue weighted by atomic mass is 16.6. The Hall–Kier alpha value is -3.59. The number of hydrogen-bond donors (Lipinski definition) is 1. The number of amides is 2. The number of nitriles is 1. The molecule has 0 heterocycles. The Bertz CT molecular complexity index is 968. The summed E-state index contributed by atoms with van der Waals surface area (Å²) in [6.45, 7) is 8.15. The van der Waals surface area contributed by atoms with Crippen LogP contribution in [0.3, 0.4) is 0 Å². The van der Waals surface area contributed by atoms with E-state index in [4.69, 9.17) is 10.00 Å². The molecular formula is C24H27N3O3. The van der Waals surface area contributed by atoms with Crippen molar-refractivity contribution in [1.82, 2.24) is 4.90 Å². The van der Waals surface area contributed by atoms with Crippen LogP contribution in [0.15, 0.2) is 54.6 Å². The van der Waals surface area contributed by atoms with Gasteiger partial charge in [-0.1, -0.05) is 30.3 Å². The van der Waals surface area contributed by atoms with Crippen molar-refractivity contribution in [2.75, 3.05) is 11.9 Å². The maximum absolute atomic E-state index is 12.4. The quantitative estimate of drug-likeness (QED) is 0.688. The SMILES string of the molecule is CCN(Cc1ccccc1NC(=O)/C=C/c1cccc(C#N)c1)C(=O)OC(C)(C)C. The highest BCUT2D eigenvalue weighted by Crippen LogP contribution is 2.19. The molecule has 6 heteroatoms. The van der Waals surface area contributed by atoms with E-state index in [1.807, 2.05) is 52.0 Å². The van der Waals surface area contributed by atoms with Crippen LogP contribution in [0.4, 0.5) is 10.5 Å². The van der Waals surface area contributed by atoms with Crippen molar-refractivity contribution >= 4 is 23.8 Å². The fraction of sp³-hybridized carbons (Fsp3) is 0.292. The summed E-state index contributed by atoms with van der Waals surface area (Å²) in [6.07, 6.45) is 2.67. The molecular weight excluding hydrogens is 378 g/mol. The van der Waals surface area contributed by atoms with Crippen LogP contribution in [-0.2, 0) is 16.1 Å². The zero-order valence-corrected chi connectivity index (χ0v) is 17.8. The highest BCUT2D eigenvalue weighted by Gasteiger charge is 2.22. The Morgan fingerprint density at radius 1 is 1.17 bits per heavy atom. The fourth-order valence-electron chi connectivity index (χ4n) is 2.68. The number of hydrogen-bond acceptors (Lipinski definition) is 4. The third-order valence-electron chi connectivity index (χ3n) is 4.11. The smallest absolute Gasteiger partial charge is 0.410 e. The summed E-state index contributed by atoms with van der Waals surface area (Å²) in [5.41, 5.74) is 2.15. The first kappa shape index (κ1) is 22.7. The second kappa shape index (κ2) is 10.3. The molecule has 2 amide bonds. The van der Waals surface area contributed by atoms with E-state index in [1.54, 1.807) is 35.2 Å². The van der Waals surface area contributed by atoms with Gasteiger partial charge in [-0.05, 0) is 63.1 Å². The van der Waals surface area contributed by atoms with Crippen LogP contribution in [0.2, 0.25) is 0 Å². The van der Waals surface area contributed by atoms with Crippen molar-refractivity contribution in [2.24, 2.45) is 0 Å². The van der Waals surface area contributed by atoms with E-state index < -0.39 is 11.7 Å². The first-order chi connectivity index (χ1) is 14.2. The molecule has 0 fully saturated rings. The standard InChI is InChI=1S/C24H27N3O3/c1-5-27(23(29)30-24(2,3)4)17-20-11-6-7-12-21(20)26-22(28)14-13-18-9-8-10-19(15-18)16-25/h6-15H,5,17H2,1-4H3,(H,26,28)/b14-13+. The molecule has 0 radical (unpaired) electrons. The molecule has 156 valence electrons. The highest BCUT2D eigenvalue weighted by molar-refractivity contribution is 6.02. The number of carbonyl (C=O) groups is 2. The number of rotatable bonds is 6. The molecule has 2 aromatic rings. The Morgan fingerprint density at radius 2 is 1.90 bits per heavy atom. The van der Waals surface area contributed by atoms with Gasteiger partial charge < -0.3 is 15.0 Å². The lowest BCUT2D eigenvalue weighted by molar-refractivity contribution is -0.111. The summed E-state index contributed by atoms with van der Waals surface area (Å²) in [5, 5.41) is 11.8. The molecule has 30 heavy (non-hydrogen) atoms. The molecule has 0 aliphatic heterocycles. The van der Waals surface area contributed by atoms with Gasteiger partial charge in [0.1, 0.15) is 5.60 Å². The summed E-state index contributed by atoms with van der Waals surface area (Å²) in [6, 6.07) is 16.4. The molecule has 0 aliphatic rings. The zero-order valence-electron chi connectivity index (χ0n) is 17.8. The van der Waals surface area contributed by atoms with Gasteiger partial charge in [0.2, 0.25) is 5.91 Å². The number of para-hydroxylation sites is 1. The van der Waals surface area contributed by atoms with Gasteiger partial charge in [0.25, 0.3) is 0 Å².